The second-order valence-electron chi connectivity index (χ2n) is 14.9. The first-order valence-electron chi connectivity index (χ1n) is 19.5. The number of nitrogens with one attached hydrogen (secondary N) is 3. The molecule has 0 spiro atoms. The molecule has 2 aromatic carbocycles. The molecule has 4 amide bonds. The number of allylic oxidation sites excluding steroid dienone is 1. The molecule has 0 radical (unpaired) electrons. The molecule has 3 aliphatic rings. The number of benzene rings is 2. The second kappa shape index (κ2) is 18.6. The summed E-state index contributed by atoms with van der Waals surface area (Å²) in [6, 6.07) is 11.8. The predicted molar refractivity (Wildman–Crippen MR) is 207 cm³/mol. The van der Waals surface area contributed by atoms with Gasteiger partial charge in [0.2, 0.25) is 11.8 Å². The lowest BCUT2D eigenvalue weighted by Crippen LogP contribution is -2.51. The number of rotatable bonds is 13. The maximum atomic E-state index is 13.5. The van der Waals surface area contributed by atoms with E-state index in [2.05, 4.69) is 35.1 Å². The van der Waals surface area contributed by atoms with E-state index >= 15 is 0 Å². The number of halogens is 6. The minimum absolute atomic E-state index is 0.291. The normalized spacial score (nSPS) is 19.1. The average Bonchev–Trinajstić information content (AvgIpc) is 4.07. The lowest BCUT2D eigenvalue weighted by molar-refractivity contribution is -0.144. The SMILES string of the molecule is COC(=O)NC(CCC(F)(F)F)C(=O)N1CCC[C@H]1c1ncc(-c2ccc(-c3ccc(C4=CN=C([C@@H]5CCCN5C(=O)[C@H](CCC(F)(F)F)NC(=O)OC)C4)cc3)cc2)[nH]1. The number of imidazole rings is 1. The summed E-state index contributed by atoms with van der Waals surface area (Å²) in [6.07, 6.45) is -8.55. The Morgan fingerprint density at radius 2 is 1.20 bits per heavy atom. The first-order chi connectivity index (χ1) is 28.5. The fourth-order valence-electron chi connectivity index (χ4n) is 7.82. The number of carbonyl (C=O) groups is 4. The summed E-state index contributed by atoms with van der Waals surface area (Å²) in [5, 5.41) is 4.51. The number of likely N-dealkylation sites (tertiary alicyclic amines) is 2. The zero-order chi connectivity index (χ0) is 43.2. The number of H-pyrrole nitrogens is 1. The summed E-state index contributed by atoms with van der Waals surface area (Å²) in [5.74, 6) is -0.774. The molecule has 6 rings (SSSR count). The largest absolute Gasteiger partial charge is 0.453 e. The van der Waals surface area contributed by atoms with E-state index in [1.165, 1.54) is 9.80 Å². The predicted octanol–water partition coefficient (Wildman–Crippen LogP) is 7.72. The van der Waals surface area contributed by atoms with Crippen LogP contribution >= 0.6 is 0 Å². The number of aliphatic imine (C=N–C) groups is 1. The molecule has 2 saturated heterocycles. The highest BCUT2D eigenvalue weighted by atomic mass is 19.4. The van der Waals surface area contributed by atoms with Gasteiger partial charge in [0.15, 0.2) is 0 Å². The summed E-state index contributed by atoms with van der Waals surface area (Å²) in [5.41, 5.74) is 5.91. The number of methoxy groups -OCH3 is 2. The highest BCUT2D eigenvalue weighted by molar-refractivity contribution is 6.03. The zero-order valence-corrected chi connectivity index (χ0v) is 32.9. The van der Waals surface area contributed by atoms with Gasteiger partial charge < -0.3 is 34.9 Å². The van der Waals surface area contributed by atoms with Gasteiger partial charge in [-0.1, -0.05) is 48.5 Å². The molecule has 1 unspecified atom stereocenters. The number of alkyl carbamates (subject to hydrolysis) is 2. The van der Waals surface area contributed by atoms with Crippen LogP contribution in [0.1, 0.15) is 75.2 Å². The van der Waals surface area contributed by atoms with Crippen LogP contribution in [0.2, 0.25) is 0 Å². The van der Waals surface area contributed by atoms with Crippen molar-refractivity contribution >= 4 is 35.3 Å². The third-order valence-electron chi connectivity index (χ3n) is 10.9. The summed E-state index contributed by atoms with van der Waals surface area (Å²) in [4.78, 5) is 65.9. The fourth-order valence-corrected chi connectivity index (χ4v) is 7.82. The molecular weight excluding hydrogens is 800 g/mol. The number of nitrogens with zero attached hydrogens (tertiary/aromatic N) is 4. The van der Waals surface area contributed by atoms with Gasteiger partial charge in [0, 0.05) is 44.3 Å². The molecule has 2 fully saturated rings. The van der Waals surface area contributed by atoms with Gasteiger partial charge in [-0.3, -0.25) is 14.6 Å². The molecule has 60 heavy (non-hydrogen) atoms. The molecule has 3 aromatic rings. The number of aromatic amines is 1. The van der Waals surface area contributed by atoms with Crippen LogP contribution in [0.3, 0.4) is 0 Å². The van der Waals surface area contributed by atoms with E-state index in [1.54, 1.807) is 12.4 Å². The molecule has 4 heterocycles. The van der Waals surface area contributed by atoms with Crippen LogP contribution in [-0.2, 0) is 19.1 Å². The molecule has 0 aliphatic carbocycles. The molecule has 4 atom stereocenters. The van der Waals surface area contributed by atoms with Crippen molar-refractivity contribution in [2.75, 3.05) is 27.3 Å². The lowest BCUT2D eigenvalue weighted by atomic mass is 9.96. The van der Waals surface area contributed by atoms with Crippen molar-refractivity contribution < 1.29 is 55.0 Å². The van der Waals surface area contributed by atoms with Crippen molar-refractivity contribution in [1.29, 1.82) is 0 Å². The second-order valence-corrected chi connectivity index (χ2v) is 14.9. The Balaban J connectivity index is 1.06. The lowest BCUT2D eigenvalue weighted by Gasteiger charge is -2.29. The molecule has 3 N–H and O–H groups in total. The summed E-state index contributed by atoms with van der Waals surface area (Å²) < 4.78 is 87.2. The van der Waals surface area contributed by atoms with Gasteiger partial charge in [-0.25, -0.2) is 14.6 Å². The van der Waals surface area contributed by atoms with Gasteiger partial charge >= 0.3 is 24.5 Å². The Kier molecular flexibility index (Phi) is 13.5. The molecule has 1 aromatic heterocycles. The number of hydrogen-bond acceptors (Lipinski definition) is 8. The third kappa shape index (κ3) is 10.8. The van der Waals surface area contributed by atoms with E-state index in [1.807, 2.05) is 48.5 Å². The molecule has 0 bridgehead atoms. The first-order valence-corrected chi connectivity index (χ1v) is 19.5. The van der Waals surface area contributed by atoms with Gasteiger partial charge in [-0.05, 0) is 66.4 Å². The Labute approximate surface area is 341 Å². The van der Waals surface area contributed by atoms with Crippen LogP contribution in [0.15, 0.2) is 65.9 Å². The maximum Gasteiger partial charge on any atom is 0.407 e. The molecule has 322 valence electrons. The number of carbonyl (C=O) groups excluding carboxylic acids is 4. The summed E-state index contributed by atoms with van der Waals surface area (Å²) in [6.45, 7) is 0.618. The highest BCUT2D eigenvalue weighted by Gasteiger charge is 2.40. The highest BCUT2D eigenvalue weighted by Crippen LogP contribution is 2.35. The first kappa shape index (κ1) is 43.7. The van der Waals surface area contributed by atoms with Crippen LogP contribution in [0, 0.1) is 0 Å². The van der Waals surface area contributed by atoms with E-state index in [0.29, 0.717) is 56.7 Å². The molecule has 19 heteroatoms. The van der Waals surface area contributed by atoms with Crippen molar-refractivity contribution in [2.24, 2.45) is 4.99 Å². The van der Waals surface area contributed by atoms with Crippen LogP contribution in [0.25, 0.3) is 28.0 Å². The monoisotopic (exact) mass is 845 g/mol. The average molecular weight is 846 g/mol. The number of amides is 4. The van der Waals surface area contributed by atoms with Crippen molar-refractivity contribution in [1.82, 2.24) is 30.4 Å². The maximum absolute atomic E-state index is 13.5. The van der Waals surface area contributed by atoms with Crippen molar-refractivity contribution in [3.05, 3.63) is 72.3 Å². The van der Waals surface area contributed by atoms with E-state index in [9.17, 15) is 45.5 Å². The Hall–Kier alpha value is -5.88. The Morgan fingerprint density at radius 1 is 0.733 bits per heavy atom. The number of hydrogen-bond donors (Lipinski definition) is 3. The molecule has 3 aliphatic heterocycles. The standard InChI is InChI=1S/C41H45F6N7O6/c1-59-38(57)51-29(15-17-40(42,43)44)36(55)53-19-3-5-33(53)31-21-28(22-48-31)26-9-7-24(8-10-26)25-11-13-27(14-12-25)32-23-49-35(50-32)34-6-4-20-54(34)37(56)30(52-39(58)60-2)16-18-41(45,46)47/h7-14,22-23,29-30,33-34H,3-6,15-21H2,1-2H3,(H,49,50)(H,51,57)(H,52,58)/t29-,30?,33-,34-/m0/s1. The number of aromatic nitrogens is 2. The van der Waals surface area contributed by atoms with Gasteiger partial charge in [0.05, 0.1) is 38.2 Å². The van der Waals surface area contributed by atoms with Crippen LogP contribution < -0.4 is 10.6 Å². The van der Waals surface area contributed by atoms with Gasteiger partial charge in [-0.15, -0.1) is 0 Å². The summed E-state index contributed by atoms with van der Waals surface area (Å²) >= 11 is 0. The minimum Gasteiger partial charge on any atom is -0.453 e. The van der Waals surface area contributed by atoms with E-state index in [4.69, 9.17) is 0 Å². The summed E-state index contributed by atoms with van der Waals surface area (Å²) in [7, 11) is 2.14. The van der Waals surface area contributed by atoms with Crippen molar-refractivity contribution in [3.63, 3.8) is 0 Å². The zero-order valence-electron chi connectivity index (χ0n) is 32.9. The molecular formula is C41H45F6N7O6. The van der Waals surface area contributed by atoms with Crippen LogP contribution in [-0.4, -0.2) is 107 Å². The third-order valence-corrected chi connectivity index (χ3v) is 10.9. The van der Waals surface area contributed by atoms with Gasteiger partial charge in [0.25, 0.3) is 0 Å². The van der Waals surface area contributed by atoms with Gasteiger partial charge in [0.1, 0.15) is 17.9 Å². The Bertz CT molecular complexity index is 2080. The Morgan fingerprint density at radius 3 is 1.70 bits per heavy atom. The topological polar surface area (TPSA) is 158 Å². The molecule has 13 nitrogen and oxygen atoms in total. The number of alkyl halides is 6. The molecule has 0 saturated carbocycles. The van der Waals surface area contributed by atoms with Crippen molar-refractivity contribution in [3.8, 4) is 22.4 Å². The van der Waals surface area contributed by atoms with E-state index < -0.39 is 86.2 Å². The quantitative estimate of drug-likeness (QED) is 0.149. The number of ether oxygens (including phenoxy) is 2. The van der Waals surface area contributed by atoms with Gasteiger partial charge in [-0.2, -0.15) is 26.3 Å². The van der Waals surface area contributed by atoms with Crippen LogP contribution in [0.5, 0.6) is 0 Å². The van der Waals surface area contributed by atoms with E-state index in [0.717, 1.165) is 47.8 Å². The smallest absolute Gasteiger partial charge is 0.407 e. The fraction of sp³-hybridized carbons (Fsp3) is 0.463. The minimum atomic E-state index is -4.51. The van der Waals surface area contributed by atoms with E-state index in [-0.39, 0.29) is 0 Å². The van der Waals surface area contributed by atoms with Crippen molar-refractivity contribution in [2.45, 2.75) is 94.3 Å². The van der Waals surface area contributed by atoms with Crippen LogP contribution in [0.4, 0.5) is 35.9 Å².